The van der Waals surface area contributed by atoms with Crippen LogP contribution in [0.15, 0.2) is 53.2 Å². The van der Waals surface area contributed by atoms with Gasteiger partial charge in [-0.05, 0) is 78.7 Å². The highest BCUT2D eigenvalue weighted by atomic mass is 32.1. The fraction of sp³-hybridized carbons (Fsp3) is 0.308. The minimum atomic E-state index is -0.261. The molecule has 2 aromatic carbocycles. The van der Waals surface area contributed by atoms with Crippen molar-refractivity contribution in [1.29, 1.82) is 0 Å². The van der Waals surface area contributed by atoms with Crippen LogP contribution in [0.1, 0.15) is 24.4 Å². The summed E-state index contributed by atoms with van der Waals surface area (Å²) in [5.41, 5.74) is 5.68. The Hall–Kier alpha value is -3.36. The lowest BCUT2D eigenvalue weighted by Gasteiger charge is -2.27. The number of aromatic nitrogens is 2. The van der Waals surface area contributed by atoms with E-state index in [1.807, 2.05) is 29.6 Å². The molecule has 1 fully saturated rings. The van der Waals surface area contributed by atoms with E-state index in [0.29, 0.717) is 6.61 Å². The SMILES string of the molecule is CN1CCOc2cc(-c3n[nH]c4ccc(NC(=O)C(c5ccsc5)N5CCCC5)cc34)ccc21. The Bertz CT molecular complexity index is 1330. The third-order valence-corrected chi connectivity index (χ3v) is 7.47. The largest absolute Gasteiger partial charge is 0.490 e. The van der Waals surface area contributed by atoms with Crippen LogP contribution in [0.4, 0.5) is 11.4 Å². The number of carbonyl (C=O) groups is 1. The fourth-order valence-electron chi connectivity index (χ4n) is 4.99. The number of nitrogens with one attached hydrogen (secondary N) is 2. The first-order valence-electron chi connectivity index (χ1n) is 11.7. The maximum Gasteiger partial charge on any atom is 0.246 e. The van der Waals surface area contributed by atoms with E-state index in [-0.39, 0.29) is 11.9 Å². The van der Waals surface area contributed by atoms with Gasteiger partial charge in [0.05, 0.1) is 17.7 Å². The molecule has 7 nitrogen and oxygen atoms in total. The normalized spacial score (nSPS) is 16.9. The number of fused-ring (bicyclic) bond motifs is 2. The van der Waals surface area contributed by atoms with E-state index in [1.165, 1.54) is 0 Å². The van der Waals surface area contributed by atoms with Gasteiger partial charge in [-0.15, -0.1) is 0 Å². The average molecular weight is 474 g/mol. The summed E-state index contributed by atoms with van der Waals surface area (Å²) in [5, 5.41) is 16.0. The molecule has 4 heterocycles. The van der Waals surface area contributed by atoms with Crippen molar-refractivity contribution < 1.29 is 9.53 Å². The zero-order valence-corrected chi connectivity index (χ0v) is 19.9. The topological polar surface area (TPSA) is 73.5 Å². The fourth-order valence-corrected chi connectivity index (χ4v) is 5.67. The van der Waals surface area contributed by atoms with Gasteiger partial charge in [0.1, 0.15) is 24.1 Å². The minimum absolute atomic E-state index is 0.00918. The second-order valence-electron chi connectivity index (χ2n) is 8.98. The minimum Gasteiger partial charge on any atom is -0.490 e. The Morgan fingerprint density at radius 3 is 2.85 bits per heavy atom. The molecular weight excluding hydrogens is 446 g/mol. The first-order valence-corrected chi connectivity index (χ1v) is 12.7. The first-order chi connectivity index (χ1) is 16.7. The standard InChI is InChI=1S/C26H27N5O2S/c1-30-11-12-33-23-14-17(4-7-22(23)30)24-20-15-19(5-6-21(20)28-29-24)27-26(32)25(18-8-13-34-16-18)31-9-2-3-10-31/h4-8,13-16,25H,2-3,9-12H2,1H3,(H,27,32)(H,28,29). The van der Waals surface area contributed by atoms with Crippen LogP contribution in [-0.4, -0.2) is 54.3 Å². The highest BCUT2D eigenvalue weighted by Gasteiger charge is 2.30. The smallest absolute Gasteiger partial charge is 0.246 e. The van der Waals surface area contributed by atoms with E-state index in [2.05, 4.69) is 55.9 Å². The molecule has 0 bridgehead atoms. The molecule has 1 unspecified atom stereocenters. The summed E-state index contributed by atoms with van der Waals surface area (Å²) >= 11 is 1.63. The van der Waals surface area contributed by atoms with Gasteiger partial charge in [-0.25, -0.2) is 0 Å². The van der Waals surface area contributed by atoms with E-state index in [0.717, 1.165) is 77.3 Å². The van der Waals surface area contributed by atoms with Crippen molar-refractivity contribution in [2.24, 2.45) is 0 Å². The second kappa shape index (κ2) is 8.77. The van der Waals surface area contributed by atoms with Crippen LogP contribution in [0.5, 0.6) is 5.75 Å². The van der Waals surface area contributed by atoms with Crippen molar-refractivity contribution in [3.8, 4) is 17.0 Å². The molecule has 34 heavy (non-hydrogen) atoms. The monoisotopic (exact) mass is 473 g/mol. The number of ether oxygens (including phenoxy) is 1. The van der Waals surface area contributed by atoms with Crippen LogP contribution < -0.4 is 15.0 Å². The van der Waals surface area contributed by atoms with E-state index >= 15 is 0 Å². The van der Waals surface area contributed by atoms with Crippen molar-refractivity contribution in [2.75, 3.05) is 43.5 Å². The van der Waals surface area contributed by atoms with Crippen LogP contribution >= 0.6 is 11.3 Å². The quantitative estimate of drug-likeness (QED) is 0.432. The lowest BCUT2D eigenvalue weighted by molar-refractivity contribution is -0.121. The molecule has 174 valence electrons. The van der Waals surface area contributed by atoms with Crippen LogP contribution in [0.25, 0.3) is 22.2 Å². The van der Waals surface area contributed by atoms with Crippen molar-refractivity contribution in [1.82, 2.24) is 15.1 Å². The lowest BCUT2D eigenvalue weighted by Crippen LogP contribution is -2.35. The van der Waals surface area contributed by atoms with Gasteiger partial charge >= 0.3 is 0 Å². The van der Waals surface area contributed by atoms with Crippen LogP contribution in [0.3, 0.4) is 0 Å². The van der Waals surface area contributed by atoms with Crippen LogP contribution in [-0.2, 0) is 4.79 Å². The van der Waals surface area contributed by atoms with Gasteiger partial charge in [-0.2, -0.15) is 16.4 Å². The molecule has 2 aliphatic heterocycles. The van der Waals surface area contributed by atoms with Crippen LogP contribution in [0, 0.1) is 0 Å². The van der Waals surface area contributed by atoms with Crippen molar-refractivity contribution in [3.63, 3.8) is 0 Å². The number of H-pyrrole nitrogens is 1. The summed E-state index contributed by atoms with van der Waals surface area (Å²) in [6.45, 7) is 3.46. The number of likely N-dealkylation sites (N-methyl/N-ethyl adjacent to an activating group) is 1. The molecule has 0 aliphatic carbocycles. The molecule has 8 heteroatoms. The van der Waals surface area contributed by atoms with Crippen molar-refractivity contribution >= 4 is 39.5 Å². The van der Waals surface area contributed by atoms with E-state index in [4.69, 9.17) is 4.74 Å². The third-order valence-electron chi connectivity index (χ3n) is 6.77. The molecule has 2 aromatic heterocycles. The maximum atomic E-state index is 13.4. The van der Waals surface area contributed by atoms with Gasteiger partial charge in [0.15, 0.2) is 0 Å². The summed E-state index contributed by atoms with van der Waals surface area (Å²) in [6, 6.07) is 13.9. The molecule has 1 amide bonds. The lowest BCUT2D eigenvalue weighted by atomic mass is 10.0. The summed E-state index contributed by atoms with van der Waals surface area (Å²) < 4.78 is 5.89. The number of carbonyl (C=O) groups excluding carboxylic acids is 1. The number of amides is 1. The summed E-state index contributed by atoms with van der Waals surface area (Å²) in [5.74, 6) is 0.881. The van der Waals surface area contributed by atoms with E-state index in [1.54, 1.807) is 11.3 Å². The molecule has 0 radical (unpaired) electrons. The van der Waals surface area contributed by atoms with Crippen LogP contribution in [0.2, 0.25) is 0 Å². The Morgan fingerprint density at radius 1 is 1.15 bits per heavy atom. The van der Waals surface area contributed by atoms with Gasteiger partial charge in [-0.1, -0.05) is 6.07 Å². The number of thiophene rings is 1. The molecule has 0 saturated carbocycles. The molecule has 4 aromatic rings. The molecular formula is C26H27N5O2S. The number of anilines is 2. The molecule has 2 N–H and O–H groups in total. The maximum absolute atomic E-state index is 13.4. The number of hydrogen-bond acceptors (Lipinski definition) is 6. The third kappa shape index (κ3) is 3.82. The number of hydrogen-bond donors (Lipinski definition) is 2. The highest BCUT2D eigenvalue weighted by Crippen LogP contribution is 2.37. The first kappa shape index (κ1) is 21.2. The Kier molecular flexibility index (Phi) is 5.47. The molecule has 6 rings (SSSR count). The van der Waals surface area contributed by atoms with Gasteiger partial charge in [0, 0.05) is 23.7 Å². The summed E-state index contributed by atoms with van der Waals surface area (Å²) in [4.78, 5) is 17.9. The second-order valence-corrected chi connectivity index (χ2v) is 9.76. The highest BCUT2D eigenvalue weighted by molar-refractivity contribution is 7.08. The Morgan fingerprint density at radius 2 is 2.03 bits per heavy atom. The predicted molar refractivity (Wildman–Crippen MR) is 137 cm³/mol. The predicted octanol–water partition coefficient (Wildman–Crippen LogP) is 4.90. The van der Waals surface area contributed by atoms with Gasteiger partial charge in [0.2, 0.25) is 5.91 Å². The van der Waals surface area contributed by atoms with Gasteiger partial charge in [0.25, 0.3) is 0 Å². The summed E-state index contributed by atoms with van der Waals surface area (Å²) in [7, 11) is 2.07. The van der Waals surface area contributed by atoms with E-state index in [9.17, 15) is 4.79 Å². The molecule has 1 saturated heterocycles. The zero-order chi connectivity index (χ0) is 23.1. The zero-order valence-electron chi connectivity index (χ0n) is 19.1. The van der Waals surface area contributed by atoms with Gasteiger partial charge in [-0.3, -0.25) is 14.8 Å². The Balaban J connectivity index is 1.31. The molecule has 0 spiro atoms. The molecule has 2 aliphatic rings. The van der Waals surface area contributed by atoms with E-state index < -0.39 is 0 Å². The number of aromatic amines is 1. The van der Waals surface area contributed by atoms with Crippen molar-refractivity contribution in [3.05, 3.63) is 58.8 Å². The number of likely N-dealkylation sites (tertiary alicyclic amines) is 1. The summed E-state index contributed by atoms with van der Waals surface area (Å²) in [6.07, 6.45) is 2.27. The van der Waals surface area contributed by atoms with Crippen molar-refractivity contribution in [2.45, 2.75) is 18.9 Å². The number of nitrogens with zero attached hydrogens (tertiary/aromatic N) is 3. The van der Waals surface area contributed by atoms with Gasteiger partial charge < -0.3 is 15.0 Å². The number of rotatable bonds is 5. The Labute approximate surface area is 202 Å². The number of benzene rings is 2. The molecule has 1 atom stereocenters. The average Bonchev–Trinajstić information content (AvgIpc) is 3.62.